The van der Waals surface area contributed by atoms with Crippen LogP contribution in [-0.4, -0.2) is 18.6 Å². The summed E-state index contributed by atoms with van der Waals surface area (Å²) in [6.45, 7) is 13.3. The lowest BCUT2D eigenvalue weighted by molar-refractivity contribution is -0.151. The first-order chi connectivity index (χ1) is 17.2. The molecule has 0 spiro atoms. The van der Waals surface area contributed by atoms with Gasteiger partial charge in [-0.25, -0.2) is 0 Å². The lowest BCUT2D eigenvalue weighted by Gasteiger charge is -2.58. The Kier molecular flexibility index (Phi) is 9.33. The quantitative estimate of drug-likeness (QED) is 0.176. The van der Waals surface area contributed by atoms with Crippen LogP contribution in [-0.2, 0) is 9.53 Å². The van der Waals surface area contributed by atoms with Gasteiger partial charge < -0.3 is 10.5 Å². The Morgan fingerprint density at radius 1 is 1.00 bits per heavy atom. The average molecular weight is 500 g/mol. The van der Waals surface area contributed by atoms with Gasteiger partial charge in [0, 0.05) is 12.8 Å². The largest absolute Gasteiger partial charge is 0.462 e. The lowest BCUT2D eigenvalue weighted by atomic mass is 9.47. The minimum absolute atomic E-state index is 0.00264. The highest BCUT2D eigenvalue weighted by Gasteiger charge is 2.59. The van der Waals surface area contributed by atoms with Crippen molar-refractivity contribution in [2.75, 3.05) is 6.54 Å². The van der Waals surface area contributed by atoms with Crippen molar-refractivity contribution in [1.82, 2.24) is 0 Å². The zero-order valence-electron chi connectivity index (χ0n) is 24.3. The predicted molar refractivity (Wildman–Crippen MR) is 150 cm³/mol. The molecule has 0 heterocycles. The molecule has 0 aromatic carbocycles. The molecule has 2 N–H and O–H groups in total. The minimum Gasteiger partial charge on any atom is -0.462 e. The highest BCUT2D eigenvalue weighted by Crippen LogP contribution is 2.67. The number of carbonyl (C=O) groups excluding carboxylic acids is 1. The molecule has 3 heteroatoms. The van der Waals surface area contributed by atoms with Gasteiger partial charge in [0.25, 0.3) is 0 Å². The second-order valence-electron chi connectivity index (χ2n) is 14.2. The molecule has 4 aliphatic rings. The van der Waals surface area contributed by atoms with Crippen molar-refractivity contribution in [3.63, 3.8) is 0 Å². The Labute approximate surface area is 222 Å². The highest BCUT2D eigenvalue weighted by molar-refractivity contribution is 5.69. The smallest absolute Gasteiger partial charge is 0.306 e. The van der Waals surface area contributed by atoms with E-state index >= 15 is 0 Å². The fourth-order valence-corrected chi connectivity index (χ4v) is 9.59. The van der Waals surface area contributed by atoms with E-state index in [2.05, 4.69) is 40.7 Å². The van der Waals surface area contributed by atoms with Crippen molar-refractivity contribution in [3.05, 3.63) is 11.6 Å². The van der Waals surface area contributed by atoms with E-state index in [0.29, 0.717) is 23.8 Å². The molecule has 4 aliphatic carbocycles. The van der Waals surface area contributed by atoms with Gasteiger partial charge in [0.15, 0.2) is 0 Å². The molecule has 3 saturated carbocycles. The van der Waals surface area contributed by atoms with E-state index in [4.69, 9.17) is 10.5 Å². The van der Waals surface area contributed by atoms with E-state index in [1.54, 1.807) is 5.57 Å². The van der Waals surface area contributed by atoms with Crippen LogP contribution in [0.25, 0.3) is 0 Å². The van der Waals surface area contributed by atoms with E-state index in [-0.39, 0.29) is 12.1 Å². The first kappa shape index (κ1) is 28.2. The fraction of sp³-hybridized carbons (Fsp3) is 0.909. The van der Waals surface area contributed by atoms with E-state index in [1.165, 1.54) is 57.8 Å². The number of hydrogen-bond acceptors (Lipinski definition) is 3. The Morgan fingerprint density at radius 3 is 2.56 bits per heavy atom. The molecule has 36 heavy (non-hydrogen) atoms. The molecule has 0 aromatic rings. The molecule has 0 bridgehead atoms. The third-order valence-electron chi connectivity index (χ3n) is 11.6. The van der Waals surface area contributed by atoms with Gasteiger partial charge in [-0.2, -0.15) is 0 Å². The predicted octanol–water partition coefficient (Wildman–Crippen LogP) is 8.46. The maximum absolute atomic E-state index is 12.4. The summed E-state index contributed by atoms with van der Waals surface area (Å²) >= 11 is 0. The molecule has 3 nitrogen and oxygen atoms in total. The summed E-state index contributed by atoms with van der Waals surface area (Å²) in [5.74, 6) is 5.25. The third-order valence-corrected chi connectivity index (χ3v) is 11.6. The van der Waals surface area contributed by atoms with Crippen LogP contribution >= 0.6 is 0 Å². The molecule has 3 fully saturated rings. The van der Waals surface area contributed by atoms with E-state index < -0.39 is 0 Å². The number of carbonyl (C=O) groups is 1. The van der Waals surface area contributed by atoms with Crippen LogP contribution in [0.5, 0.6) is 0 Å². The van der Waals surface area contributed by atoms with E-state index in [0.717, 1.165) is 67.6 Å². The summed E-state index contributed by atoms with van der Waals surface area (Å²) in [4.78, 5) is 12.4. The van der Waals surface area contributed by atoms with Crippen LogP contribution < -0.4 is 5.73 Å². The number of fused-ring (bicyclic) bond motifs is 5. The van der Waals surface area contributed by atoms with Crippen molar-refractivity contribution in [2.45, 2.75) is 137 Å². The number of rotatable bonds is 11. The molecule has 8 atom stereocenters. The Hall–Kier alpha value is -0.830. The fourth-order valence-electron chi connectivity index (χ4n) is 9.59. The van der Waals surface area contributed by atoms with Crippen molar-refractivity contribution in [3.8, 4) is 0 Å². The Bertz CT molecular complexity index is 774. The van der Waals surface area contributed by atoms with E-state index in [9.17, 15) is 4.79 Å². The zero-order valence-corrected chi connectivity index (χ0v) is 24.3. The average Bonchev–Trinajstić information content (AvgIpc) is 3.19. The van der Waals surface area contributed by atoms with Crippen molar-refractivity contribution in [2.24, 2.45) is 52.1 Å². The summed E-state index contributed by atoms with van der Waals surface area (Å²) in [6.07, 6.45) is 20.7. The summed E-state index contributed by atoms with van der Waals surface area (Å²) < 4.78 is 5.96. The summed E-state index contributed by atoms with van der Waals surface area (Å²) in [5, 5.41) is 0. The summed E-state index contributed by atoms with van der Waals surface area (Å²) in [7, 11) is 0. The van der Waals surface area contributed by atoms with Gasteiger partial charge in [-0.15, -0.1) is 0 Å². The Morgan fingerprint density at radius 2 is 1.81 bits per heavy atom. The topological polar surface area (TPSA) is 52.3 Å². The van der Waals surface area contributed by atoms with Crippen LogP contribution in [0.1, 0.15) is 131 Å². The summed E-state index contributed by atoms with van der Waals surface area (Å²) in [5.41, 5.74) is 8.08. The maximum atomic E-state index is 12.4. The van der Waals surface area contributed by atoms with Crippen LogP contribution in [0.15, 0.2) is 11.6 Å². The van der Waals surface area contributed by atoms with Crippen LogP contribution in [0.2, 0.25) is 0 Å². The first-order valence-corrected chi connectivity index (χ1v) is 15.8. The van der Waals surface area contributed by atoms with Gasteiger partial charge in [-0.3, -0.25) is 4.79 Å². The highest BCUT2D eigenvalue weighted by atomic mass is 16.5. The number of allylic oxidation sites excluding steroid dienone is 1. The molecule has 0 aliphatic heterocycles. The van der Waals surface area contributed by atoms with E-state index in [1.807, 2.05) is 0 Å². The standard InChI is InChI=1S/C33H57NO2/c1-23(2)10-9-11-24(3)28-15-16-29-27-14-13-25-22-26(36-31(35)12-7-6-8-21-34)17-19-32(25,4)30(27)18-20-33(28,29)5/h13,23-24,26-30H,6-12,14-22,34H2,1-5H3/t24-,26?,27?,28-,29?,30?,32+,33-/m1/s1. The second kappa shape index (κ2) is 11.9. The number of unbranched alkanes of at least 4 members (excludes halogenated alkanes) is 2. The molecular formula is C33H57NO2. The third kappa shape index (κ3) is 5.76. The molecular weight excluding hydrogens is 442 g/mol. The van der Waals surface area contributed by atoms with Crippen molar-refractivity contribution < 1.29 is 9.53 Å². The number of nitrogens with two attached hydrogens (primary N) is 1. The zero-order chi connectivity index (χ0) is 25.9. The normalized spacial score (nSPS) is 38.6. The van der Waals surface area contributed by atoms with Gasteiger partial charge in [0.05, 0.1) is 0 Å². The monoisotopic (exact) mass is 499 g/mol. The van der Waals surface area contributed by atoms with Gasteiger partial charge in [0.1, 0.15) is 6.10 Å². The number of esters is 1. The maximum Gasteiger partial charge on any atom is 0.306 e. The lowest BCUT2D eigenvalue weighted by Crippen LogP contribution is -2.51. The molecule has 0 saturated heterocycles. The molecule has 0 aromatic heterocycles. The Balaban J connectivity index is 1.36. The van der Waals surface area contributed by atoms with Gasteiger partial charge in [-0.1, -0.05) is 72.0 Å². The minimum atomic E-state index is 0.00264. The SMILES string of the molecule is CC(C)CCC[C@@H](C)[C@H]1CCC2C3CC=C4CC(OC(=O)CCCCCN)CC[C@]4(C)C3CC[C@@]21C. The van der Waals surface area contributed by atoms with Crippen LogP contribution in [0.3, 0.4) is 0 Å². The van der Waals surface area contributed by atoms with Gasteiger partial charge >= 0.3 is 5.97 Å². The molecule has 0 amide bonds. The van der Waals surface area contributed by atoms with Crippen molar-refractivity contribution >= 4 is 5.97 Å². The van der Waals surface area contributed by atoms with Gasteiger partial charge in [0.2, 0.25) is 0 Å². The van der Waals surface area contributed by atoms with Crippen LogP contribution in [0, 0.1) is 46.3 Å². The van der Waals surface area contributed by atoms with Crippen molar-refractivity contribution in [1.29, 1.82) is 0 Å². The summed E-state index contributed by atoms with van der Waals surface area (Å²) in [6, 6.07) is 0. The molecule has 4 unspecified atom stereocenters. The number of ether oxygens (including phenoxy) is 1. The second-order valence-corrected chi connectivity index (χ2v) is 14.2. The first-order valence-electron chi connectivity index (χ1n) is 15.8. The number of hydrogen-bond donors (Lipinski definition) is 1. The molecule has 206 valence electrons. The molecule has 0 radical (unpaired) electrons. The van der Waals surface area contributed by atoms with Crippen LogP contribution in [0.4, 0.5) is 0 Å². The van der Waals surface area contributed by atoms with Gasteiger partial charge in [-0.05, 0) is 111 Å². The molecule has 4 rings (SSSR count).